The zero-order chi connectivity index (χ0) is 13.1. The van der Waals surface area contributed by atoms with Gasteiger partial charge in [0.15, 0.2) is 5.69 Å². The Hall–Kier alpha value is -1.78. The standard InChI is InChI=1S/C12H8Cl2N2O2/c13-7-1-3-8(4-2-7)15-10-6-5-9(14)11(16-10)12(17)18/h1-6H,(H,15,16)(H,17,18). The van der Waals surface area contributed by atoms with E-state index in [1.54, 1.807) is 30.3 Å². The number of nitrogens with zero attached hydrogens (tertiary/aromatic N) is 1. The molecule has 0 aliphatic heterocycles. The van der Waals surface area contributed by atoms with Gasteiger partial charge in [-0.3, -0.25) is 0 Å². The maximum absolute atomic E-state index is 10.9. The first-order valence-corrected chi connectivity index (χ1v) is 5.74. The molecule has 0 amide bonds. The third kappa shape index (κ3) is 2.91. The van der Waals surface area contributed by atoms with Crippen molar-refractivity contribution in [2.75, 3.05) is 5.32 Å². The van der Waals surface area contributed by atoms with E-state index in [1.807, 2.05) is 0 Å². The predicted octanol–water partition coefficient (Wildman–Crippen LogP) is 3.83. The summed E-state index contributed by atoms with van der Waals surface area (Å²) in [6.07, 6.45) is 0. The number of benzene rings is 1. The summed E-state index contributed by atoms with van der Waals surface area (Å²) in [5.41, 5.74) is 0.571. The Morgan fingerprint density at radius 1 is 1.11 bits per heavy atom. The number of hydrogen-bond acceptors (Lipinski definition) is 3. The van der Waals surface area contributed by atoms with Gasteiger partial charge in [0, 0.05) is 10.7 Å². The second-order valence-electron chi connectivity index (χ2n) is 3.46. The van der Waals surface area contributed by atoms with Crippen molar-refractivity contribution >= 4 is 40.7 Å². The first-order chi connectivity index (χ1) is 8.56. The fourth-order valence-electron chi connectivity index (χ4n) is 1.34. The molecule has 0 radical (unpaired) electrons. The molecular formula is C12H8Cl2N2O2. The van der Waals surface area contributed by atoms with Gasteiger partial charge in [0.25, 0.3) is 0 Å². The van der Waals surface area contributed by atoms with Gasteiger partial charge in [-0.15, -0.1) is 0 Å². The monoisotopic (exact) mass is 282 g/mol. The zero-order valence-electron chi connectivity index (χ0n) is 9.02. The number of nitrogens with one attached hydrogen (secondary N) is 1. The van der Waals surface area contributed by atoms with Crippen LogP contribution in [0.2, 0.25) is 10.0 Å². The Balaban J connectivity index is 2.27. The highest BCUT2D eigenvalue weighted by molar-refractivity contribution is 6.33. The van der Waals surface area contributed by atoms with Crippen LogP contribution >= 0.6 is 23.2 Å². The van der Waals surface area contributed by atoms with Crippen molar-refractivity contribution in [1.82, 2.24) is 4.98 Å². The minimum Gasteiger partial charge on any atom is -0.476 e. The molecule has 0 fully saturated rings. The number of anilines is 2. The number of pyridine rings is 1. The van der Waals surface area contributed by atoms with Gasteiger partial charge in [0.2, 0.25) is 0 Å². The molecule has 0 aliphatic rings. The Labute approximate surface area is 113 Å². The van der Waals surface area contributed by atoms with E-state index in [9.17, 15) is 4.79 Å². The SMILES string of the molecule is O=C(O)c1nc(Nc2ccc(Cl)cc2)ccc1Cl. The molecule has 0 spiro atoms. The van der Waals surface area contributed by atoms with Crippen molar-refractivity contribution < 1.29 is 9.90 Å². The molecule has 18 heavy (non-hydrogen) atoms. The fourth-order valence-corrected chi connectivity index (χ4v) is 1.65. The lowest BCUT2D eigenvalue weighted by Crippen LogP contribution is -2.04. The number of halogens is 2. The van der Waals surface area contributed by atoms with E-state index in [2.05, 4.69) is 10.3 Å². The molecule has 0 saturated heterocycles. The molecule has 0 aliphatic carbocycles. The van der Waals surface area contributed by atoms with Crippen LogP contribution in [0.1, 0.15) is 10.5 Å². The van der Waals surface area contributed by atoms with E-state index in [-0.39, 0.29) is 10.7 Å². The summed E-state index contributed by atoms with van der Waals surface area (Å²) in [4.78, 5) is 14.8. The first-order valence-electron chi connectivity index (χ1n) is 4.98. The molecule has 2 aromatic rings. The van der Waals surface area contributed by atoms with E-state index in [4.69, 9.17) is 28.3 Å². The van der Waals surface area contributed by atoms with Crippen LogP contribution in [-0.2, 0) is 0 Å². The van der Waals surface area contributed by atoms with Crippen LogP contribution in [0.15, 0.2) is 36.4 Å². The second-order valence-corrected chi connectivity index (χ2v) is 4.31. The molecule has 0 unspecified atom stereocenters. The van der Waals surface area contributed by atoms with Crippen LogP contribution in [-0.4, -0.2) is 16.1 Å². The summed E-state index contributed by atoms with van der Waals surface area (Å²) in [5.74, 6) is -0.765. The number of rotatable bonds is 3. The summed E-state index contributed by atoms with van der Waals surface area (Å²) in [7, 11) is 0. The van der Waals surface area contributed by atoms with E-state index < -0.39 is 5.97 Å². The highest BCUT2D eigenvalue weighted by Gasteiger charge is 2.11. The van der Waals surface area contributed by atoms with Gasteiger partial charge in [-0.05, 0) is 36.4 Å². The van der Waals surface area contributed by atoms with E-state index >= 15 is 0 Å². The van der Waals surface area contributed by atoms with Crippen molar-refractivity contribution in [2.45, 2.75) is 0 Å². The van der Waals surface area contributed by atoms with Crippen LogP contribution in [0.3, 0.4) is 0 Å². The first kappa shape index (κ1) is 12.7. The Morgan fingerprint density at radius 2 is 1.78 bits per heavy atom. The molecule has 92 valence electrons. The van der Waals surface area contributed by atoms with Gasteiger partial charge in [-0.25, -0.2) is 9.78 Å². The topological polar surface area (TPSA) is 62.2 Å². The van der Waals surface area contributed by atoms with Gasteiger partial charge in [-0.2, -0.15) is 0 Å². The van der Waals surface area contributed by atoms with Crippen LogP contribution < -0.4 is 5.32 Å². The molecular weight excluding hydrogens is 275 g/mol. The Kier molecular flexibility index (Phi) is 3.69. The molecule has 1 aromatic carbocycles. The third-order valence-corrected chi connectivity index (χ3v) is 2.72. The third-order valence-electron chi connectivity index (χ3n) is 2.17. The summed E-state index contributed by atoms with van der Waals surface area (Å²) in [5, 5.41) is 12.6. The van der Waals surface area contributed by atoms with Crippen LogP contribution in [0.4, 0.5) is 11.5 Å². The molecule has 1 heterocycles. The largest absolute Gasteiger partial charge is 0.476 e. The average molecular weight is 283 g/mol. The summed E-state index contributed by atoms with van der Waals surface area (Å²) >= 11 is 11.5. The summed E-state index contributed by atoms with van der Waals surface area (Å²) in [6, 6.07) is 10.0. The highest BCUT2D eigenvalue weighted by Crippen LogP contribution is 2.21. The zero-order valence-corrected chi connectivity index (χ0v) is 10.5. The van der Waals surface area contributed by atoms with Crippen LogP contribution in [0.25, 0.3) is 0 Å². The van der Waals surface area contributed by atoms with Crippen molar-refractivity contribution in [3.05, 3.63) is 52.1 Å². The predicted molar refractivity (Wildman–Crippen MR) is 70.9 cm³/mol. The maximum Gasteiger partial charge on any atom is 0.356 e. The average Bonchev–Trinajstić information content (AvgIpc) is 2.34. The normalized spacial score (nSPS) is 10.1. The second kappa shape index (κ2) is 5.25. The van der Waals surface area contributed by atoms with Gasteiger partial charge in [0.1, 0.15) is 5.82 Å². The highest BCUT2D eigenvalue weighted by atomic mass is 35.5. The number of hydrogen-bond donors (Lipinski definition) is 2. The number of aromatic nitrogens is 1. The smallest absolute Gasteiger partial charge is 0.356 e. The van der Waals surface area contributed by atoms with Crippen molar-refractivity contribution in [1.29, 1.82) is 0 Å². The molecule has 0 atom stereocenters. The molecule has 4 nitrogen and oxygen atoms in total. The van der Waals surface area contributed by atoms with Gasteiger partial charge in [-0.1, -0.05) is 23.2 Å². The number of carboxylic acids is 1. The van der Waals surface area contributed by atoms with Gasteiger partial charge < -0.3 is 10.4 Å². The lowest BCUT2D eigenvalue weighted by Gasteiger charge is -2.07. The minimum atomic E-state index is -1.17. The lowest BCUT2D eigenvalue weighted by molar-refractivity contribution is 0.0691. The fraction of sp³-hybridized carbons (Fsp3) is 0. The molecule has 0 saturated carbocycles. The lowest BCUT2D eigenvalue weighted by atomic mass is 10.3. The van der Waals surface area contributed by atoms with Gasteiger partial charge in [0.05, 0.1) is 5.02 Å². The maximum atomic E-state index is 10.9. The number of aromatic carboxylic acids is 1. The van der Waals surface area contributed by atoms with Crippen molar-refractivity contribution in [3.8, 4) is 0 Å². The van der Waals surface area contributed by atoms with Gasteiger partial charge >= 0.3 is 5.97 Å². The molecule has 2 N–H and O–H groups in total. The van der Waals surface area contributed by atoms with Crippen LogP contribution in [0.5, 0.6) is 0 Å². The number of carbonyl (C=O) groups is 1. The minimum absolute atomic E-state index is 0.101. The van der Waals surface area contributed by atoms with Crippen molar-refractivity contribution in [2.24, 2.45) is 0 Å². The quantitative estimate of drug-likeness (QED) is 0.898. The van der Waals surface area contributed by atoms with Crippen LogP contribution in [0, 0.1) is 0 Å². The number of carboxylic acid groups (broad SMARTS) is 1. The van der Waals surface area contributed by atoms with E-state index in [0.717, 1.165) is 5.69 Å². The Bertz CT molecular complexity index is 585. The summed E-state index contributed by atoms with van der Waals surface area (Å²) < 4.78 is 0. The van der Waals surface area contributed by atoms with Crippen molar-refractivity contribution in [3.63, 3.8) is 0 Å². The van der Waals surface area contributed by atoms with E-state index in [1.165, 1.54) is 6.07 Å². The molecule has 1 aromatic heterocycles. The molecule has 0 bridgehead atoms. The molecule has 2 rings (SSSR count). The summed E-state index contributed by atoms with van der Waals surface area (Å²) in [6.45, 7) is 0. The Morgan fingerprint density at radius 3 is 2.39 bits per heavy atom. The molecule has 6 heteroatoms. The van der Waals surface area contributed by atoms with E-state index in [0.29, 0.717) is 10.8 Å².